The van der Waals surface area contributed by atoms with Gasteiger partial charge in [0.2, 0.25) is 5.91 Å². The summed E-state index contributed by atoms with van der Waals surface area (Å²) in [7, 11) is 1.36. The Bertz CT molecular complexity index is 1210. The molecule has 0 spiro atoms. The zero-order chi connectivity index (χ0) is 26.3. The maximum atomic E-state index is 12.0. The average Bonchev–Trinajstić information content (AvgIpc) is 3.17. The zero-order valence-corrected chi connectivity index (χ0v) is 22.0. The van der Waals surface area contributed by atoms with Gasteiger partial charge in [-0.3, -0.25) is 10.1 Å². The highest BCUT2D eigenvalue weighted by Gasteiger charge is 2.17. The van der Waals surface area contributed by atoms with Crippen molar-refractivity contribution in [3.05, 3.63) is 75.8 Å². The number of nitrogens with one attached hydrogen (secondary N) is 2. The van der Waals surface area contributed by atoms with Crippen molar-refractivity contribution >= 4 is 40.1 Å². The second-order valence-electron chi connectivity index (χ2n) is 9.26. The highest BCUT2D eigenvalue weighted by Crippen LogP contribution is 2.27. The Morgan fingerprint density at radius 2 is 1.56 bits per heavy atom. The molecule has 9 heteroatoms. The molecule has 0 fully saturated rings. The van der Waals surface area contributed by atoms with Crippen LogP contribution in [-0.2, 0) is 33.5 Å². The monoisotopic (exact) mass is 509 g/mol. The lowest BCUT2D eigenvalue weighted by Crippen LogP contribution is -2.27. The fourth-order valence-electron chi connectivity index (χ4n) is 3.42. The summed E-state index contributed by atoms with van der Waals surface area (Å²) in [5, 5.41) is 6.07. The number of nitrogens with zero attached hydrogens (tertiary/aromatic N) is 1. The summed E-state index contributed by atoms with van der Waals surface area (Å²) in [6, 6.07) is 14.9. The number of aromatic nitrogens is 1. The Balaban J connectivity index is 1.68. The molecule has 0 aliphatic carbocycles. The van der Waals surface area contributed by atoms with Crippen LogP contribution in [0.5, 0.6) is 0 Å². The van der Waals surface area contributed by atoms with Gasteiger partial charge in [-0.25, -0.2) is 14.6 Å². The maximum absolute atomic E-state index is 12.0. The van der Waals surface area contributed by atoms with Crippen LogP contribution < -0.4 is 10.6 Å². The maximum Gasteiger partial charge on any atom is 0.412 e. The van der Waals surface area contributed by atoms with E-state index in [0.29, 0.717) is 29.2 Å². The number of anilines is 2. The van der Waals surface area contributed by atoms with Crippen LogP contribution in [0.15, 0.2) is 48.5 Å². The second-order valence-corrected chi connectivity index (χ2v) is 10.3. The minimum absolute atomic E-state index is 0.169. The quantitative estimate of drug-likeness (QED) is 0.382. The van der Waals surface area contributed by atoms with E-state index >= 15 is 0 Å². The molecule has 0 aliphatic heterocycles. The summed E-state index contributed by atoms with van der Waals surface area (Å²) >= 11 is 1.45. The average molecular weight is 510 g/mol. The Morgan fingerprint density at radius 3 is 2.14 bits per heavy atom. The van der Waals surface area contributed by atoms with E-state index in [-0.39, 0.29) is 11.9 Å². The van der Waals surface area contributed by atoms with E-state index in [4.69, 9.17) is 9.47 Å². The Hall–Kier alpha value is -3.72. The molecule has 0 aliphatic rings. The van der Waals surface area contributed by atoms with Crippen molar-refractivity contribution in [1.29, 1.82) is 0 Å². The minimum atomic E-state index is -0.561. The van der Waals surface area contributed by atoms with E-state index < -0.39 is 11.7 Å². The van der Waals surface area contributed by atoms with Crippen molar-refractivity contribution in [2.75, 3.05) is 17.7 Å². The molecule has 3 aromatic rings. The molecule has 1 heterocycles. The van der Waals surface area contributed by atoms with Crippen LogP contribution in [0.2, 0.25) is 0 Å². The van der Waals surface area contributed by atoms with E-state index in [0.717, 1.165) is 28.1 Å². The minimum Gasteiger partial charge on any atom is -0.465 e. The number of rotatable bonds is 8. The van der Waals surface area contributed by atoms with Gasteiger partial charge in [-0.05, 0) is 69.0 Å². The molecule has 3 rings (SSSR count). The number of carbonyl (C=O) groups is 3. The lowest BCUT2D eigenvalue weighted by molar-refractivity contribution is -0.114. The summed E-state index contributed by atoms with van der Waals surface area (Å²) < 4.78 is 10.0. The Kier molecular flexibility index (Phi) is 8.82. The van der Waals surface area contributed by atoms with Crippen LogP contribution in [0.1, 0.15) is 59.8 Å². The molecule has 0 bridgehead atoms. The number of thiazole rings is 1. The molecule has 2 N–H and O–H groups in total. The predicted molar refractivity (Wildman–Crippen MR) is 141 cm³/mol. The van der Waals surface area contributed by atoms with Gasteiger partial charge in [0.1, 0.15) is 5.60 Å². The first-order valence-electron chi connectivity index (χ1n) is 11.5. The van der Waals surface area contributed by atoms with Crippen LogP contribution in [0.3, 0.4) is 0 Å². The number of ether oxygens (including phenoxy) is 2. The van der Waals surface area contributed by atoms with Crippen molar-refractivity contribution in [1.82, 2.24) is 4.98 Å². The lowest BCUT2D eigenvalue weighted by Gasteiger charge is -2.19. The van der Waals surface area contributed by atoms with Crippen molar-refractivity contribution in [2.24, 2.45) is 0 Å². The molecular formula is C27H31N3O5S. The fraction of sp³-hybridized carbons (Fsp3) is 0.333. The fourth-order valence-corrected chi connectivity index (χ4v) is 4.51. The third-order valence-electron chi connectivity index (χ3n) is 5.05. The number of amides is 2. The van der Waals surface area contributed by atoms with E-state index in [1.54, 1.807) is 12.1 Å². The molecule has 190 valence electrons. The number of aryl methyl sites for hydroxylation is 2. The molecule has 2 aromatic carbocycles. The zero-order valence-electron chi connectivity index (χ0n) is 21.1. The lowest BCUT2D eigenvalue weighted by atomic mass is 10.0. The predicted octanol–water partition coefficient (Wildman–Crippen LogP) is 5.61. The second kappa shape index (κ2) is 11.8. The van der Waals surface area contributed by atoms with Gasteiger partial charge in [-0.1, -0.05) is 24.3 Å². The van der Waals surface area contributed by atoms with Gasteiger partial charge in [0.05, 0.1) is 18.4 Å². The van der Waals surface area contributed by atoms with Gasteiger partial charge in [0.25, 0.3) is 0 Å². The number of benzene rings is 2. The number of esters is 1. The summed E-state index contributed by atoms with van der Waals surface area (Å²) in [5.74, 6) is -0.544. The molecule has 2 amide bonds. The third kappa shape index (κ3) is 8.20. The van der Waals surface area contributed by atoms with Gasteiger partial charge < -0.3 is 14.8 Å². The highest BCUT2D eigenvalue weighted by molar-refractivity contribution is 7.15. The first-order chi connectivity index (χ1) is 17.0. The molecule has 0 saturated carbocycles. The highest BCUT2D eigenvalue weighted by atomic mass is 32.1. The van der Waals surface area contributed by atoms with Gasteiger partial charge in [-0.15, -0.1) is 11.3 Å². The van der Waals surface area contributed by atoms with E-state index in [9.17, 15) is 14.4 Å². The van der Waals surface area contributed by atoms with Crippen molar-refractivity contribution in [3.8, 4) is 0 Å². The van der Waals surface area contributed by atoms with Crippen LogP contribution in [0.25, 0.3) is 0 Å². The van der Waals surface area contributed by atoms with Crippen LogP contribution in [0.4, 0.5) is 15.6 Å². The number of hydrogen-bond donors (Lipinski definition) is 2. The van der Waals surface area contributed by atoms with Crippen LogP contribution >= 0.6 is 11.3 Å². The summed E-state index contributed by atoms with van der Waals surface area (Å²) in [5.41, 5.74) is 3.62. The van der Waals surface area contributed by atoms with Crippen molar-refractivity contribution < 1.29 is 23.9 Å². The Morgan fingerprint density at radius 1 is 0.917 bits per heavy atom. The van der Waals surface area contributed by atoms with Crippen LogP contribution in [0, 0.1) is 0 Å². The molecule has 36 heavy (non-hydrogen) atoms. The standard InChI is InChI=1S/C27H31N3O5S/c1-17(31)28-25-30-22(23(36-25)16-19-6-11-20(12-7-19)24(32)34-5)15-10-18-8-13-21(14-9-18)29-26(33)35-27(2,3)4/h6-9,11-14H,10,15-16H2,1-5H3,(H,29,33)(H,28,30,31). The summed E-state index contributed by atoms with van der Waals surface area (Å²) in [6.07, 6.45) is 1.56. The number of hydrogen-bond acceptors (Lipinski definition) is 7. The molecule has 0 radical (unpaired) electrons. The van der Waals surface area contributed by atoms with Crippen LogP contribution in [-0.4, -0.2) is 35.7 Å². The van der Waals surface area contributed by atoms with Gasteiger partial charge in [0.15, 0.2) is 5.13 Å². The molecule has 0 unspecified atom stereocenters. The first kappa shape index (κ1) is 26.9. The van der Waals surface area contributed by atoms with Gasteiger partial charge in [-0.2, -0.15) is 0 Å². The topological polar surface area (TPSA) is 107 Å². The number of methoxy groups -OCH3 is 1. The summed E-state index contributed by atoms with van der Waals surface area (Å²) in [6.45, 7) is 6.91. The molecule has 1 aromatic heterocycles. The first-order valence-corrected chi connectivity index (χ1v) is 12.4. The molecule has 0 atom stereocenters. The van der Waals surface area contributed by atoms with Crippen molar-refractivity contribution in [2.45, 2.75) is 52.6 Å². The third-order valence-corrected chi connectivity index (χ3v) is 6.06. The van der Waals surface area contributed by atoms with E-state index in [1.165, 1.54) is 25.4 Å². The molecule has 0 saturated heterocycles. The summed E-state index contributed by atoms with van der Waals surface area (Å²) in [4.78, 5) is 40.9. The number of carbonyl (C=O) groups excluding carboxylic acids is 3. The largest absolute Gasteiger partial charge is 0.465 e. The van der Waals surface area contributed by atoms with E-state index in [2.05, 4.69) is 15.6 Å². The molecule has 8 nitrogen and oxygen atoms in total. The van der Waals surface area contributed by atoms with Gasteiger partial charge in [0, 0.05) is 23.9 Å². The Labute approximate surface area is 215 Å². The van der Waals surface area contributed by atoms with Crippen molar-refractivity contribution in [3.63, 3.8) is 0 Å². The normalized spacial score (nSPS) is 11.0. The molecular weight excluding hydrogens is 478 g/mol. The van der Waals surface area contributed by atoms with E-state index in [1.807, 2.05) is 57.2 Å². The SMILES string of the molecule is COC(=O)c1ccc(Cc2sc(NC(C)=O)nc2CCc2ccc(NC(=O)OC(C)(C)C)cc2)cc1. The van der Waals surface area contributed by atoms with Gasteiger partial charge >= 0.3 is 12.1 Å². The smallest absolute Gasteiger partial charge is 0.412 e.